The zero-order valence-corrected chi connectivity index (χ0v) is 12.2. The fourth-order valence-electron chi connectivity index (χ4n) is 1.65. The lowest BCUT2D eigenvalue weighted by Crippen LogP contribution is -2.12. The van der Waals surface area contributed by atoms with E-state index in [9.17, 15) is 4.79 Å². The number of carbonyl (C=O) groups is 1. The number of anilines is 1. The zero-order valence-electron chi connectivity index (χ0n) is 11.5. The molecule has 0 aliphatic carbocycles. The van der Waals surface area contributed by atoms with E-state index in [4.69, 9.17) is 17.3 Å². The Labute approximate surface area is 128 Å². The number of hydrogen-bond acceptors (Lipinski definition) is 3. The molecule has 1 heterocycles. The molecule has 0 spiro atoms. The van der Waals surface area contributed by atoms with E-state index in [0.717, 1.165) is 11.3 Å². The number of halogens is 1. The van der Waals surface area contributed by atoms with Crippen LogP contribution >= 0.6 is 11.6 Å². The molecular weight excluding hydrogens is 286 g/mol. The van der Waals surface area contributed by atoms with Gasteiger partial charge in [-0.25, -0.2) is 0 Å². The number of nitrogens with two attached hydrogens (primary N) is 1. The SMILES string of the molecule is Cc1ccc(C(=O)Nc2cc(C#CCN)ccc2Cl)cn1. The number of nitrogens with one attached hydrogen (secondary N) is 1. The highest BCUT2D eigenvalue weighted by molar-refractivity contribution is 6.34. The van der Waals surface area contributed by atoms with Crippen molar-refractivity contribution in [2.24, 2.45) is 5.73 Å². The van der Waals surface area contributed by atoms with Crippen LogP contribution in [0.25, 0.3) is 0 Å². The number of amides is 1. The second kappa shape index (κ2) is 6.89. The van der Waals surface area contributed by atoms with Crippen LogP contribution < -0.4 is 11.1 Å². The van der Waals surface area contributed by atoms with E-state index in [1.807, 2.05) is 6.92 Å². The van der Waals surface area contributed by atoms with E-state index in [1.54, 1.807) is 30.3 Å². The summed E-state index contributed by atoms with van der Waals surface area (Å²) in [5, 5.41) is 3.20. The molecular formula is C16H14ClN3O. The molecule has 1 amide bonds. The van der Waals surface area contributed by atoms with Gasteiger partial charge in [-0.15, -0.1) is 0 Å². The van der Waals surface area contributed by atoms with Crippen LogP contribution in [0.4, 0.5) is 5.69 Å². The van der Waals surface area contributed by atoms with E-state index in [1.165, 1.54) is 6.20 Å². The standard InChI is InChI=1S/C16H14ClN3O/c1-11-4-6-13(10-19-11)16(21)20-15-9-12(3-2-8-18)5-7-14(15)17/h4-7,9-10H,8,18H2,1H3,(H,20,21). The van der Waals surface area contributed by atoms with Crippen LogP contribution in [0.5, 0.6) is 0 Å². The molecule has 4 nitrogen and oxygen atoms in total. The topological polar surface area (TPSA) is 68.0 Å². The summed E-state index contributed by atoms with van der Waals surface area (Å²) in [6.07, 6.45) is 1.52. The summed E-state index contributed by atoms with van der Waals surface area (Å²) in [4.78, 5) is 16.2. The first kappa shape index (κ1) is 15.0. The van der Waals surface area contributed by atoms with Gasteiger partial charge in [0.05, 0.1) is 22.8 Å². The molecule has 5 heteroatoms. The van der Waals surface area contributed by atoms with E-state index in [2.05, 4.69) is 22.1 Å². The van der Waals surface area contributed by atoms with Crippen LogP contribution in [0.2, 0.25) is 5.02 Å². The lowest BCUT2D eigenvalue weighted by Gasteiger charge is -2.08. The molecule has 0 aliphatic heterocycles. The van der Waals surface area contributed by atoms with E-state index >= 15 is 0 Å². The molecule has 0 atom stereocenters. The number of benzene rings is 1. The van der Waals surface area contributed by atoms with Gasteiger partial charge in [0.2, 0.25) is 0 Å². The summed E-state index contributed by atoms with van der Waals surface area (Å²) in [7, 11) is 0. The van der Waals surface area contributed by atoms with Gasteiger partial charge in [0, 0.05) is 17.5 Å². The number of nitrogens with zero attached hydrogens (tertiary/aromatic N) is 1. The van der Waals surface area contributed by atoms with Crippen molar-refractivity contribution in [1.29, 1.82) is 0 Å². The van der Waals surface area contributed by atoms with E-state index < -0.39 is 0 Å². The van der Waals surface area contributed by atoms with Gasteiger partial charge in [0.1, 0.15) is 0 Å². The fourth-order valence-corrected chi connectivity index (χ4v) is 1.81. The largest absolute Gasteiger partial charge is 0.321 e. The number of hydrogen-bond donors (Lipinski definition) is 2. The average molecular weight is 300 g/mol. The van der Waals surface area contributed by atoms with Gasteiger partial charge in [0.25, 0.3) is 5.91 Å². The quantitative estimate of drug-likeness (QED) is 0.838. The first-order valence-electron chi connectivity index (χ1n) is 6.32. The Bertz CT molecular complexity index is 715. The molecule has 2 aromatic rings. The zero-order chi connectivity index (χ0) is 15.2. The Morgan fingerprint density at radius 2 is 2.19 bits per heavy atom. The monoisotopic (exact) mass is 299 g/mol. The van der Waals surface area contributed by atoms with Crippen molar-refractivity contribution in [2.75, 3.05) is 11.9 Å². The van der Waals surface area contributed by atoms with E-state index in [0.29, 0.717) is 16.3 Å². The predicted molar refractivity (Wildman–Crippen MR) is 84.3 cm³/mol. The molecule has 0 aliphatic rings. The van der Waals surface area contributed by atoms with Crippen molar-refractivity contribution in [3.63, 3.8) is 0 Å². The molecule has 1 aromatic heterocycles. The van der Waals surface area contributed by atoms with Crippen molar-refractivity contribution >= 4 is 23.2 Å². The second-order valence-electron chi connectivity index (χ2n) is 4.34. The normalized spacial score (nSPS) is 9.67. The average Bonchev–Trinajstić information content (AvgIpc) is 2.48. The van der Waals surface area contributed by atoms with Crippen molar-refractivity contribution in [3.05, 3.63) is 58.4 Å². The highest BCUT2D eigenvalue weighted by Crippen LogP contribution is 2.23. The highest BCUT2D eigenvalue weighted by atomic mass is 35.5. The third kappa shape index (κ3) is 4.06. The van der Waals surface area contributed by atoms with Crippen LogP contribution in [0.15, 0.2) is 36.5 Å². The van der Waals surface area contributed by atoms with Gasteiger partial charge in [-0.3, -0.25) is 9.78 Å². The number of aryl methyl sites for hydroxylation is 1. The molecule has 0 unspecified atom stereocenters. The molecule has 3 N–H and O–H groups in total. The number of carbonyl (C=O) groups excluding carboxylic acids is 1. The number of pyridine rings is 1. The minimum absolute atomic E-state index is 0.270. The minimum Gasteiger partial charge on any atom is -0.321 e. The number of aromatic nitrogens is 1. The van der Waals surface area contributed by atoms with Crippen molar-refractivity contribution in [2.45, 2.75) is 6.92 Å². The molecule has 1 aromatic carbocycles. The molecule has 0 radical (unpaired) electrons. The Kier molecular flexibility index (Phi) is 4.94. The third-order valence-corrected chi connectivity index (χ3v) is 3.05. The summed E-state index contributed by atoms with van der Waals surface area (Å²) in [5.41, 5.74) is 7.90. The highest BCUT2D eigenvalue weighted by Gasteiger charge is 2.09. The van der Waals surface area contributed by atoms with Gasteiger partial charge in [0.15, 0.2) is 0 Å². The van der Waals surface area contributed by atoms with E-state index in [-0.39, 0.29) is 12.5 Å². The predicted octanol–water partition coefficient (Wildman–Crippen LogP) is 2.61. The molecule has 0 saturated carbocycles. The van der Waals surface area contributed by atoms with Crippen molar-refractivity contribution in [1.82, 2.24) is 4.98 Å². The maximum absolute atomic E-state index is 12.1. The van der Waals surface area contributed by atoms with Gasteiger partial charge in [-0.2, -0.15) is 0 Å². The Hall–Kier alpha value is -2.35. The van der Waals surface area contributed by atoms with Crippen LogP contribution in [0.3, 0.4) is 0 Å². The Morgan fingerprint density at radius 1 is 1.38 bits per heavy atom. The Morgan fingerprint density at radius 3 is 2.86 bits per heavy atom. The van der Waals surface area contributed by atoms with Crippen LogP contribution in [0, 0.1) is 18.8 Å². The lowest BCUT2D eigenvalue weighted by atomic mass is 10.2. The first-order chi connectivity index (χ1) is 10.1. The summed E-state index contributed by atoms with van der Waals surface area (Å²) in [6.45, 7) is 2.14. The first-order valence-corrected chi connectivity index (χ1v) is 6.70. The van der Waals surface area contributed by atoms with Crippen LogP contribution in [-0.4, -0.2) is 17.4 Å². The molecule has 2 rings (SSSR count). The lowest BCUT2D eigenvalue weighted by molar-refractivity contribution is 0.102. The second-order valence-corrected chi connectivity index (χ2v) is 4.75. The fraction of sp³-hybridized carbons (Fsp3) is 0.125. The Balaban J connectivity index is 2.22. The molecule has 0 bridgehead atoms. The maximum Gasteiger partial charge on any atom is 0.257 e. The summed E-state index contributed by atoms with van der Waals surface area (Å²) < 4.78 is 0. The number of rotatable bonds is 2. The molecule has 21 heavy (non-hydrogen) atoms. The van der Waals surface area contributed by atoms with Gasteiger partial charge < -0.3 is 11.1 Å². The summed E-state index contributed by atoms with van der Waals surface area (Å²) in [5.74, 6) is 5.38. The van der Waals surface area contributed by atoms with Crippen LogP contribution in [0.1, 0.15) is 21.6 Å². The van der Waals surface area contributed by atoms with Gasteiger partial charge in [-0.05, 0) is 37.3 Å². The smallest absolute Gasteiger partial charge is 0.257 e. The van der Waals surface area contributed by atoms with Gasteiger partial charge >= 0.3 is 0 Å². The summed E-state index contributed by atoms with van der Waals surface area (Å²) in [6, 6.07) is 8.66. The molecule has 106 valence electrons. The minimum atomic E-state index is -0.270. The molecule has 0 saturated heterocycles. The van der Waals surface area contributed by atoms with Crippen molar-refractivity contribution < 1.29 is 4.79 Å². The van der Waals surface area contributed by atoms with Gasteiger partial charge in [-0.1, -0.05) is 23.4 Å². The third-order valence-electron chi connectivity index (χ3n) is 2.72. The van der Waals surface area contributed by atoms with Crippen LogP contribution in [-0.2, 0) is 0 Å². The van der Waals surface area contributed by atoms with Crippen molar-refractivity contribution in [3.8, 4) is 11.8 Å². The summed E-state index contributed by atoms with van der Waals surface area (Å²) >= 11 is 6.08. The molecule has 0 fully saturated rings. The maximum atomic E-state index is 12.1.